The van der Waals surface area contributed by atoms with Gasteiger partial charge in [-0.05, 0) is 65.9 Å². The number of ether oxygens (including phenoxy) is 1. The Bertz CT molecular complexity index is 1110. The molecule has 0 spiro atoms. The molecule has 188 valence electrons. The zero-order valence-corrected chi connectivity index (χ0v) is 19.2. The molecular formula is C24H29FN4O6. The zero-order valence-electron chi connectivity index (χ0n) is 19.2. The minimum absolute atomic E-state index is 0.0159. The maximum atomic E-state index is 14.7. The third-order valence-corrected chi connectivity index (χ3v) is 5.96. The second kappa shape index (κ2) is 11.2. The first-order valence-corrected chi connectivity index (χ1v) is 11.1. The van der Waals surface area contributed by atoms with E-state index in [1.54, 1.807) is 12.1 Å². The van der Waals surface area contributed by atoms with E-state index in [1.165, 1.54) is 31.3 Å². The lowest BCUT2D eigenvalue weighted by molar-refractivity contribution is -0.144. The molecule has 1 aliphatic heterocycles. The van der Waals surface area contributed by atoms with Crippen LogP contribution in [0, 0.1) is 5.82 Å². The number of phenolic OH excluding ortho intramolecular Hbond substituents is 1. The van der Waals surface area contributed by atoms with Crippen molar-refractivity contribution in [1.82, 2.24) is 10.2 Å². The molecular weight excluding hydrogens is 459 g/mol. The fourth-order valence-corrected chi connectivity index (χ4v) is 3.98. The summed E-state index contributed by atoms with van der Waals surface area (Å²) < 4.78 is 19.7. The highest BCUT2D eigenvalue weighted by molar-refractivity contribution is 5.90. The molecule has 2 amide bonds. The second-order valence-corrected chi connectivity index (χ2v) is 8.44. The third-order valence-electron chi connectivity index (χ3n) is 5.96. The van der Waals surface area contributed by atoms with Crippen molar-refractivity contribution in [2.24, 2.45) is 11.5 Å². The summed E-state index contributed by atoms with van der Waals surface area (Å²) in [5.41, 5.74) is 13.4. The first kappa shape index (κ1) is 25.9. The minimum atomic E-state index is -1.64. The fourth-order valence-electron chi connectivity index (χ4n) is 3.98. The van der Waals surface area contributed by atoms with Gasteiger partial charge >= 0.3 is 6.16 Å². The minimum Gasteiger partial charge on any atom is -0.508 e. The summed E-state index contributed by atoms with van der Waals surface area (Å²) in [5, 5.41) is 22.2. The molecule has 0 aromatic heterocycles. The molecule has 0 saturated carbocycles. The van der Waals surface area contributed by atoms with E-state index in [0.29, 0.717) is 23.1 Å². The maximum Gasteiger partial charge on any atom is 0.507 e. The highest BCUT2D eigenvalue weighted by Gasteiger charge is 2.32. The molecule has 10 nitrogen and oxygen atoms in total. The van der Waals surface area contributed by atoms with Crippen LogP contribution in [0.5, 0.6) is 5.75 Å². The highest BCUT2D eigenvalue weighted by Crippen LogP contribution is 2.29. The molecule has 11 heteroatoms. The van der Waals surface area contributed by atoms with Gasteiger partial charge in [0.25, 0.3) is 0 Å². The lowest BCUT2D eigenvalue weighted by Crippen LogP contribution is -2.55. The van der Waals surface area contributed by atoms with Gasteiger partial charge in [-0.25, -0.2) is 9.18 Å². The molecule has 2 aromatic rings. The zero-order chi connectivity index (χ0) is 25.7. The van der Waals surface area contributed by atoms with Crippen LogP contribution in [0.15, 0.2) is 36.4 Å². The number of halogens is 1. The predicted octanol–water partition coefficient (Wildman–Crippen LogP) is 1.33. The number of rotatable bonds is 4. The number of amides is 2. The average molecular weight is 489 g/mol. The van der Waals surface area contributed by atoms with Crippen molar-refractivity contribution in [2.75, 3.05) is 13.6 Å². The molecule has 3 atom stereocenters. The normalized spacial score (nSPS) is 21.0. The molecule has 7 N–H and O–H groups in total. The summed E-state index contributed by atoms with van der Waals surface area (Å²) >= 11 is 0. The third kappa shape index (κ3) is 6.25. The Morgan fingerprint density at radius 1 is 1.17 bits per heavy atom. The smallest absolute Gasteiger partial charge is 0.507 e. The summed E-state index contributed by atoms with van der Waals surface area (Å²) in [4.78, 5) is 38.5. The number of fused-ring (bicyclic) bond motifs is 5. The van der Waals surface area contributed by atoms with Gasteiger partial charge in [-0.15, -0.1) is 0 Å². The van der Waals surface area contributed by atoms with E-state index in [9.17, 15) is 29.0 Å². The standard InChI is InChI=1S/C24H29FN4O6/c1-29-21(35-24(33)34)12-15-9-13(4-6-17(15)25)14-5-7-20(30)16(10-14)11-18(27)22(31)28-19(23(29)32)3-2-8-26/h4-7,9-10,18-19,21,30H,2-3,8,11-12,26-27H2,1H3,(H,28,31)(H,33,34). The summed E-state index contributed by atoms with van der Waals surface area (Å²) in [5.74, 6) is -1.93. The van der Waals surface area contributed by atoms with Crippen LogP contribution in [0.1, 0.15) is 24.0 Å². The first-order chi connectivity index (χ1) is 16.6. The van der Waals surface area contributed by atoms with Crippen molar-refractivity contribution in [3.63, 3.8) is 0 Å². The SMILES string of the molecule is CN1C(=O)C(CCCN)NC(=O)C(N)Cc2cc(ccc2O)-c2ccc(F)c(c2)CC1OC(=O)O. The molecule has 0 fully saturated rings. The van der Waals surface area contributed by atoms with Crippen LogP contribution in [0.25, 0.3) is 11.1 Å². The average Bonchev–Trinajstić information content (AvgIpc) is 2.82. The van der Waals surface area contributed by atoms with Crippen molar-refractivity contribution in [2.45, 2.75) is 44.0 Å². The number of nitrogens with zero attached hydrogens (tertiary/aromatic N) is 1. The van der Waals surface area contributed by atoms with Gasteiger partial charge in [0.2, 0.25) is 11.8 Å². The summed E-state index contributed by atoms with van der Waals surface area (Å²) in [6.45, 7) is 0.253. The molecule has 3 unspecified atom stereocenters. The van der Waals surface area contributed by atoms with E-state index < -0.39 is 42.1 Å². The molecule has 2 aromatic carbocycles. The van der Waals surface area contributed by atoms with Crippen molar-refractivity contribution < 1.29 is 33.7 Å². The summed E-state index contributed by atoms with van der Waals surface area (Å²) in [7, 11) is 1.32. The van der Waals surface area contributed by atoms with E-state index in [2.05, 4.69) is 5.32 Å². The Morgan fingerprint density at radius 2 is 1.83 bits per heavy atom. The lowest BCUT2D eigenvalue weighted by atomic mass is 9.96. The van der Waals surface area contributed by atoms with Gasteiger partial charge in [0.1, 0.15) is 17.6 Å². The molecule has 0 radical (unpaired) electrons. The number of nitrogens with two attached hydrogens (primary N) is 2. The van der Waals surface area contributed by atoms with Gasteiger partial charge in [0.15, 0.2) is 6.23 Å². The Balaban J connectivity index is 2.12. The van der Waals surface area contributed by atoms with E-state index in [-0.39, 0.29) is 37.1 Å². The topological polar surface area (TPSA) is 168 Å². The molecule has 0 saturated heterocycles. The van der Waals surface area contributed by atoms with Crippen LogP contribution in [-0.2, 0) is 27.2 Å². The molecule has 1 heterocycles. The number of hydrogen-bond acceptors (Lipinski definition) is 7. The van der Waals surface area contributed by atoms with Crippen molar-refractivity contribution >= 4 is 18.0 Å². The molecule has 3 rings (SSSR count). The van der Waals surface area contributed by atoms with Gasteiger partial charge in [-0.3, -0.25) is 9.59 Å². The number of aromatic hydroxyl groups is 1. The number of likely N-dealkylation sites (N-methyl/N-ethyl adjacent to an activating group) is 1. The lowest BCUT2D eigenvalue weighted by Gasteiger charge is -2.31. The van der Waals surface area contributed by atoms with E-state index in [0.717, 1.165) is 4.90 Å². The maximum absolute atomic E-state index is 14.7. The predicted molar refractivity (Wildman–Crippen MR) is 125 cm³/mol. The number of hydrogen-bond donors (Lipinski definition) is 5. The van der Waals surface area contributed by atoms with Crippen LogP contribution >= 0.6 is 0 Å². The summed E-state index contributed by atoms with van der Waals surface area (Å²) in [6.07, 6.45) is -2.73. The van der Waals surface area contributed by atoms with Crippen molar-refractivity contribution in [1.29, 1.82) is 0 Å². The van der Waals surface area contributed by atoms with Crippen LogP contribution < -0.4 is 16.8 Å². The number of benzene rings is 2. The molecule has 4 bridgehead atoms. The van der Waals surface area contributed by atoms with Crippen LogP contribution in [-0.4, -0.2) is 65.0 Å². The van der Waals surface area contributed by atoms with Crippen LogP contribution in [0.3, 0.4) is 0 Å². The Morgan fingerprint density at radius 3 is 2.49 bits per heavy atom. The van der Waals surface area contributed by atoms with Crippen LogP contribution in [0.4, 0.5) is 9.18 Å². The van der Waals surface area contributed by atoms with Crippen molar-refractivity contribution in [3.05, 3.63) is 53.3 Å². The van der Waals surface area contributed by atoms with Gasteiger partial charge in [0.05, 0.1) is 6.04 Å². The first-order valence-electron chi connectivity index (χ1n) is 11.1. The molecule has 1 aliphatic rings. The number of phenols is 1. The van der Waals surface area contributed by atoms with E-state index in [1.807, 2.05) is 0 Å². The van der Waals surface area contributed by atoms with Gasteiger partial charge in [-0.2, -0.15) is 0 Å². The largest absolute Gasteiger partial charge is 0.508 e. The number of carbonyl (C=O) groups is 3. The van der Waals surface area contributed by atoms with Crippen molar-refractivity contribution in [3.8, 4) is 16.9 Å². The number of carbonyl (C=O) groups excluding carboxylic acids is 2. The number of nitrogens with one attached hydrogen (secondary N) is 1. The fraction of sp³-hybridized carbons (Fsp3) is 0.375. The van der Waals surface area contributed by atoms with Gasteiger partial charge in [0, 0.05) is 19.9 Å². The van der Waals surface area contributed by atoms with E-state index >= 15 is 0 Å². The quantitative estimate of drug-likeness (QED) is 0.402. The Kier molecular flexibility index (Phi) is 8.26. The van der Waals surface area contributed by atoms with Gasteiger partial charge in [-0.1, -0.05) is 12.1 Å². The van der Waals surface area contributed by atoms with E-state index in [4.69, 9.17) is 16.2 Å². The Labute approximate surface area is 201 Å². The molecule has 0 aliphatic carbocycles. The highest BCUT2D eigenvalue weighted by atomic mass is 19.1. The Hall–Kier alpha value is -3.70. The second-order valence-electron chi connectivity index (χ2n) is 8.44. The number of carboxylic acid groups (broad SMARTS) is 1. The molecule has 35 heavy (non-hydrogen) atoms. The van der Waals surface area contributed by atoms with Crippen LogP contribution in [0.2, 0.25) is 0 Å². The monoisotopic (exact) mass is 488 g/mol. The summed E-state index contributed by atoms with van der Waals surface area (Å²) in [6, 6.07) is 6.86. The van der Waals surface area contributed by atoms with Gasteiger partial charge < -0.3 is 36.6 Å².